The van der Waals surface area contributed by atoms with Gasteiger partial charge in [0.1, 0.15) is 18.4 Å². The van der Waals surface area contributed by atoms with E-state index in [-0.39, 0.29) is 0 Å². The summed E-state index contributed by atoms with van der Waals surface area (Å²) >= 11 is 0. The largest absolute Gasteiger partial charge is 0.491 e. The lowest BCUT2D eigenvalue weighted by atomic mass is 10.0. The van der Waals surface area contributed by atoms with Crippen LogP contribution in [0, 0.1) is 11.3 Å². The van der Waals surface area contributed by atoms with Crippen LogP contribution in [0.2, 0.25) is 0 Å². The Morgan fingerprint density at radius 1 is 1.33 bits per heavy atom. The maximum atomic E-state index is 9.03. The summed E-state index contributed by atoms with van der Waals surface area (Å²) in [7, 11) is 2.17. The van der Waals surface area contributed by atoms with Crippen LogP contribution in [-0.4, -0.2) is 55.7 Å². The molecule has 1 saturated heterocycles. The van der Waals surface area contributed by atoms with Gasteiger partial charge in [0.25, 0.3) is 0 Å². The zero-order valence-corrected chi connectivity index (χ0v) is 13.1. The normalized spacial score (nSPS) is 16.9. The van der Waals surface area contributed by atoms with Crippen molar-refractivity contribution >= 4 is 0 Å². The van der Waals surface area contributed by atoms with Crippen LogP contribution >= 0.6 is 0 Å². The molecule has 0 radical (unpaired) electrons. The van der Waals surface area contributed by atoms with Gasteiger partial charge in [-0.3, -0.25) is 4.90 Å². The number of nitrogens with zero attached hydrogens (tertiary/aromatic N) is 3. The van der Waals surface area contributed by atoms with Gasteiger partial charge in [-0.25, -0.2) is 0 Å². The van der Waals surface area contributed by atoms with E-state index in [9.17, 15) is 0 Å². The standard InChI is InChI=1S/C17H25N3O/c1-3-20-10-8-16(9-11-20)19(2)12-13-21-17-7-5-4-6-15(17)14-18/h4-7,16H,3,8-13H2,1-2H3. The molecule has 4 nitrogen and oxygen atoms in total. The van der Waals surface area contributed by atoms with E-state index in [0.29, 0.717) is 24.0 Å². The first kappa shape index (κ1) is 15.8. The first-order valence-electron chi connectivity index (χ1n) is 7.79. The molecule has 0 saturated carbocycles. The van der Waals surface area contributed by atoms with Crippen LogP contribution in [0.25, 0.3) is 0 Å². The van der Waals surface area contributed by atoms with Crippen molar-refractivity contribution in [2.75, 3.05) is 39.8 Å². The summed E-state index contributed by atoms with van der Waals surface area (Å²) in [6.07, 6.45) is 2.47. The lowest BCUT2D eigenvalue weighted by Gasteiger charge is -2.36. The van der Waals surface area contributed by atoms with Crippen molar-refractivity contribution in [1.82, 2.24) is 9.80 Å². The number of nitriles is 1. The molecule has 0 aromatic heterocycles. The number of ether oxygens (including phenoxy) is 1. The highest BCUT2D eigenvalue weighted by Gasteiger charge is 2.21. The van der Waals surface area contributed by atoms with Gasteiger partial charge in [-0.05, 0) is 51.7 Å². The van der Waals surface area contributed by atoms with Crippen LogP contribution in [0.1, 0.15) is 25.3 Å². The monoisotopic (exact) mass is 287 g/mol. The Morgan fingerprint density at radius 3 is 2.71 bits per heavy atom. The second kappa shape index (κ2) is 8.02. The highest BCUT2D eigenvalue weighted by atomic mass is 16.5. The molecular weight excluding hydrogens is 262 g/mol. The number of benzene rings is 1. The Morgan fingerprint density at radius 2 is 2.05 bits per heavy atom. The van der Waals surface area contributed by atoms with E-state index >= 15 is 0 Å². The van der Waals surface area contributed by atoms with Gasteiger partial charge in [0.2, 0.25) is 0 Å². The summed E-state index contributed by atoms with van der Waals surface area (Å²) in [4.78, 5) is 4.89. The SMILES string of the molecule is CCN1CCC(N(C)CCOc2ccccc2C#N)CC1. The Balaban J connectivity index is 1.75. The number of piperidine rings is 1. The molecule has 114 valence electrons. The average Bonchev–Trinajstić information content (AvgIpc) is 2.55. The van der Waals surface area contributed by atoms with Gasteiger partial charge in [0.15, 0.2) is 0 Å². The lowest BCUT2D eigenvalue weighted by molar-refractivity contribution is 0.118. The zero-order valence-electron chi connectivity index (χ0n) is 13.1. The third-order valence-corrected chi connectivity index (χ3v) is 4.34. The van der Waals surface area contributed by atoms with E-state index in [1.807, 2.05) is 18.2 Å². The lowest BCUT2D eigenvalue weighted by Crippen LogP contribution is -2.44. The first-order valence-corrected chi connectivity index (χ1v) is 7.79. The van der Waals surface area contributed by atoms with Gasteiger partial charge in [-0.15, -0.1) is 0 Å². The molecule has 0 bridgehead atoms. The van der Waals surface area contributed by atoms with Crippen LogP contribution in [0.3, 0.4) is 0 Å². The Labute approximate surface area is 127 Å². The topological polar surface area (TPSA) is 39.5 Å². The molecule has 1 fully saturated rings. The van der Waals surface area contributed by atoms with Crippen molar-refractivity contribution in [2.45, 2.75) is 25.8 Å². The van der Waals surface area contributed by atoms with Crippen molar-refractivity contribution in [3.8, 4) is 11.8 Å². The van der Waals surface area contributed by atoms with Crippen LogP contribution in [0.15, 0.2) is 24.3 Å². The number of para-hydroxylation sites is 1. The van der Waals surface area contributed by atoms with Crippen LogP contribution in [-0.2, 0) is 0 Å². The highest BCUT2D eigenvalue weighted by Crippen LogP contribution is 2.17. The van der Waals surface area contributed by atoms with Gasteiger partial charge in [-0.1, -0.05) is 19.1 Å². The van der Waals surface area contributed by atoms with Gasteiger partial charge >= 0.3 is 0 Å². The summed E-state index contributed by atoms with van der Waals surface area (Å²) in [5.41, 5.74) is 0.608. The minimum atomic E-state index is 0.608. The van der Waals surface area contributed by atoms with Crippen molar-refractivity contribution in [3.63, 3.8) is 0 Å². The maximum Gasteiger partial charge on any atom is 0.137 e. The molecule has 0 atom stereocenters. The van der Waals surface area contributed by atoms with Gasteiger partial charge in [0, 0.05) is 12.6 Å². The predicted molar refractivity (Wildman–Crippen MR) is 84.4 cm³/mol. The van der Waals surface area contributed by atoms with Crippen molar-refractivity contribution in [1.29, 1.82) is 5.26 Å². The molecule has 21 heavy (non-hydrogen) atoms. The smallest absolute Gasteiger partial charge is 0.137 e. The van der Waals surface area contributed by atoms with Gasteiger partial charge in [0.05, 0.1) is 5.56 Å². The number of hydrogen-bond acceptors (Lipinski definition) is 4. The van der Waals surface area contributed by atoms with Crippen molar-refractivity contribution in [2.24, 2.45) is 0 Å². The van der Waals surface area contributed by atoms with Crippen LogP contribution in [0.5, 0.6) is 5.75 Å². The fourth-order valence-corrected chi connectivity index (χ4v) is 2.84. The molecule has 1 heterocycles. The van der Waals surface area contributed by atoms with Crippen LogP contribution < -0.4 is 4.74 Å². The first-order chi connectivity index (χ1) is 10.2. The molecule has 1 aromatic rings. The third-order valence-electron chi connectivity index (χ3n) is 4.34. The number of likely N-dealkylation sites (N-methyl/N-ethyl adjacent to an activating group) is 1. The molecule has 0 amide bonds. The fraction of sp³-hybridized carbons (Fsp3) is 0.588. The molecule has 2 rings (SSSR count). The Bertz CT molecular complexity index is 475. The summed E-state index contributed by atoms with van der Waals surface area (Å²) in [5.74, 6) is 0.689. The second-order valence-corrected chi connectivity index (χ2v) is 5.60. The molecule has 1 aliphatic heterocycles. The van der Waals surface area contributed by atoms with Gasteiger partial charge < -0.3 is 9.64 Å². The molecule has 0 aliphatic carbocycles. The number of hydrogen-bond donors (Lipinski definition) is 0. The summed E-state index contributed by atoms with van der Waals surface area (Å²) in [5, 5.41) is 9.03. The van der Waals surface area contributed by atoms with Gasteiger partial charge in [-0.2, -0.15) is 5.26 Å². The molecule has 0 N–H and O–H groups in total. The zero-order chi connectivity index (χ0) is 15.1. The maximum absolute atomic E-state index is 9.03. The van der Waals surface area contributed by atoms with Crippen molar-refractivity contribution in [3.05, 3.63) is 29.8 Å². The van der Waals surface area contributed by atoms with E-state index in [0.717, 1.165) is 13.1 Å². The molecule has 1 aromatic carbocycles. The predicted octanol–water partition coefficient (Wildman–Crippen LogP) is 2.35. The Hall–Kier alpha value is -1.57. The Kier molecular flexibility index (Phi) is 6.04. The third kappa shape index (κ3) is 4.45. The average molecular weight is 287 g/mol. The number of likely N-dealkylation sites (tertiary alicyclic amines) is 1. The van der Waals surface area contributed by atoms with E-state index in [1.54, 1.807) is 6.07 Å². The van der Waals surface area contributed by atoms with E-state index in [2.05, 4.69) is 29.8 Å². The molecule has 4 heteroatoms. The summed E-state index contributed by atoms with van der Waals surface area (Å²) < 4.78 is 5.76. The van der Waals surface area contributed by atoms with E-state index in [4.69, 9.17) is 10.00 Å². The highest BCUT2D eigenvalue weighted by molar-refractivity contribution is 5.42. The summed E-state index contributed by atoms with van der Waals surface area (Å²) in [6, 6.07) is 10.2. The van der Waals surface area contributed by atoms with Crippen molar-refractivity contribution < 1.29 is 4.74 Å². The molecule has 0 unspecified atom stereocenters. The minimum Gasteiger partial charge on any atom is -0.491 e. The summed E-state index contributed by atoms with van der Waals surface area (Å²) in [6.45, 7) is 7.31. The molecule has 0 spiro atoms. The van der Waals surface area contributed by atoms with E-state index in [1.165, 1.54) is 25.9 Å². The van der Waals surface area contributed by atoms with Crippen LogP contribution in [0.4, 0.5) is 0 Å². The van der Waals surface area contributed by atoms with E-state index < -0.39 is 0 Å². The quantitative estimate of drug-likeness (QED) is 0.805. The second-order valence-electron chi connectivity index (χ2n) is 5.60. The number of rotatable bonds is 6. The fourth-order valence-electron chi connectivity index (χ4n) is 2.84. The minimum absolute atomic E-state index is 0.608. The molecule has 1 aliphatic rings. The molecular formula is C17H25N3O.